The van der Waals surface area contributed by atoms with Crippen molar-refractivity contribution >= 4 is 5.91 Å². The Labute approximate surface area is 145 Å². The van der Waals surface area contributed by atoms with Crippen LogP contribution in [0.5, 0.6) is 5.75 Å². The summed E-state index contributed by atoms with van der Waals surface area (Å²) in [6, 6.07) is 6.45. The minimum atomic E-state index is 0.143. The molecule has 0 unspecified atom stereocenters. The van der Waals surface area contributed by atoms with Gasteiger partial charge < -0.3 is 15.4 Å². The van der Waals surface area contributed by atoms with E-state index in [9.17, 15) is 4.79 Å². The second-order valence-corrected chi connectivity index (χ2v) is 7.49. The van der Waals surface area contributed by atoms with E-state index in [1.54, 1.807) is 0 Å². The van der Waals surface area contributed by atoms with Crippen molar-refractivity contribution in [2.24, 2.45) is 11.7 Å². The molecule has 2 N–H and O–H groups in total. The molecule has 2 atom stereocenters. The summed E-state index contributed by atoms with van der Waals surface area (Å²) in [4.78, 5) is 14.7. The number of ether oxygens (including phenoxy) is 1. The number of amides is 1. The van der Waals surface area contributed by atoms with Gasteiger partial charge in [-0.15, -0.1) is 0 Å². The average Bonchev–Trinajstić information content (AvgIpc) is 2.58. The third-order valence-electron chi connectivity index (χ3n) is 5.51. The maximum absolute atomic E-state index is 12.7. The number of para-hydroxylation sites is 1. The highest BCUT2D eigenvalue weighted by molar-refractivity contribution is 5.79. The number of carbonyl (C=O) groups excluding carboxylic acids is 1. The lowest BCUT2D eigenvalue weighted by molar-refractivity contribution is -0.138. The highest BCUT2D eigenvalue weighted by atomic mass is 16.5. The van der Waals surface area contributed by atoms with Crippen LogP contribution in [-0.2, 0) is 4.79 Å². The smallest absolute Gasteiger partial charge is 0.225 e. The van der Waals surface area contributed by atoms with Crippen molar-refractivity contribution in [1.29, 1.82) is 0 Å². The molecule has 1 aromatic carbocycles. The van der Waals surface area contributed by atoms with E-state index >= 15 is 0 Å². The quantitative estimate of drug-likeness (QED) is 0.926. The third-order valence-corrected chi connectivity index (χ3v) is 5.51. The van der Waals surface area contributed by atoms with Gasteiger partial charge in [0.2, 0.25) is 5.91 Å². The van der Waals surface area contributed by atoms with Crippen LogP contribution in [-0.4, -0.2) is 36.0 Å². The Hall–Kier alpha value is -1.55. The fraction of sp³-hybridized carbons (Fsp3) is 0.650. The number of hydrogen-bond acceptors (Lipinski definition) is 3. The molecule has 1 aromatic rings. The summed E-state index contributed by atoms with van der Waals surface area (Å²) in [5, 5.41) is 0. The minimum absolute atomic E-state index is 0.143. The fourth-order valence-corrected chi connectivity index (χ4v) is 4.06. The summed E-state index contributed by atoms with van der Waals surface area (Å²) in [7, 11) is 0. The minimum Gasteiger partial charge on any atom is -0.490 e. The van der Waals surface area contributed by atoms with E-state index in [0.29, 0.717) is 5.91 Å². The Kier molecular flexibility index (Phi) is 5.44. The van der Waals surface area contributed by atoms with Crippen LogP contribution >= 0.6 is 0 Å². The lowest BCUT2D eigenvalue weighted by atomic mass is 9.85. The second-order valence-electron chi connectivity index (χ2n) is 7.49. The van der Waals surface area contributed by atoms with Gasteiger partial charge in [0, 0.05) is 37.9 Å². The first-order valence-corrected chi connectivity index (χ1v) is 9.32. The number of piperidine rings is 1. The molecule has 2 fully saturated rings. The van der Waals surface area contributed by atoms with Crippen LogP contribution in [0.15, 0.2) is 18.2 Å². The molecule has 0 aromatic heterocycles. The van der Waals surface area contributed by atoms with E-state index in [1.807, 2.05) is 4.90 Å². The van der Waals surface area contributed by atoms with E-state index in [1.165, 1.54) is 11.1 Å². The van der Waals surface area contributed by atoms with Gasteiger partial charge in [0.1, 0.15) is 11.9 Å². The highest BCUT2D eigenvalue weighted by Crippen LogP contribution is 2.29. The Morgan fingerprint density at radius 3 is 2.42 bits per heavy atom. The number of benzene rings is 1. The van der Waals surface area contributed by atoms with Crippen LogP contribution in [0.2, 0.25) is 0 Å². The Bertz CT molecular complexity index is 559. The molecule has 1 saturated heterocycles. The van der Waals surface area contributed by atoms with Gasteiger partial charge >= 0.3 is 0 Å². The molecule has 1 aliphatic heterocycles. The van der Waals surface area contributed by atoms with Gasteiger partial charge in [-0.3, -0.25) is 4.79 Å². The number of likely N-dealkylation sites (tertiary alicyclic amines) is 1. The van der Waals surface area contributed by atoms with Crippen LogP contribution in [0, 0.1) is 19.8 Å². The van der Waals surface area contributed by atoms with E-state index < -0.39 is 0 Å². The number of carbonyl (C=O) groups is 1. The molecular weight excluding hydrogens is 300 g/mol. The molecule has 1 amide bonds. The number of nitrogens with zero attached hydrogens (tertiary/aromatic N) is 1. The van der Waals surface area contributed by atoms with Crippen LogP contribution in [0.25, 0.3) is 0 Å². The lowest BCUT2D eigenvalue weighted by Gasteiger charge is -2.36. The molecule has 1 heterocycles. The predicted octanol–water partition coefficient (Wildman–Crippen LogP) is 3.19. The number of rotatable bonds is 3. The molecule has 0 bridgehead atoms. The van der Waals surface area contributed by atoms with Crippen LogP contribution in [0.3, 0.4) is 0 Å². The van der Waals surface area contributed by atoms with Crippen molar-refractivity contribution in [2.75, 3.05) is 13.1 Å². The van der Waals surface area contributed by atoms with Crippen LogP contribution in [0.4, 0.5) is 0 Å². The van der Waals surface area contributed by atoms with Gasteiger partial charge in [0.25, 0.3) is 0 Å². The number of nitrogens with two attached hydrogens (primary N) is 1. The van der Waals surface area contributed by atoms with Gasteiger partial charge in [0.05, 0.1) is 0 Å². The van der Waals surface area contributed by atoms with Crippen LogP contribution in [0.1, 0.15) is 49.7 Å². The van der Waals surface area contributed by atoms with Crippen LogP contribution < -0.4 is 10.5 Å². The zero-order chi connectivity index (χ0) is 17.1. The second kappa shape index (κ2) is 7.56. The molecule has 4 nitrogen and oxygen atoms in total. The molecule has 1 saturated carbocycles. The average molecular weight is 330 g/mol. The van der Waals surface area contributed by atoms with Gasteiger partial charge in [-0.1, -0.05) is 24.6 Å². The molecule has 0 spiro atoms. The van der Waals surface area contributed by atoms with E-state index in [0.717, 1.165) is 57.4 Å². The maximum atomic E-state index is 12.7. The van der Waals surface area contributed by atoms with Gasteiger partial charge in [-0.2, -0.15) is 0 Å². The third kappa shape index (κ3) is 3.92. The Balaban J connectivity index is 1.53. The molecule has 1 aliphatic carbocycles. The topological polar surface area (TPSA) is 55.6 Å². The normalized spacial score (nSPS) is 25.5. The first-order valence-electron chi connectivity index (χ1n) is 9.32. The van der Waals surface area contributed by atoms with Gasteiger partial charge in [-0.25, -0.2) is 0 Å². The summed E-state index contributed by atoms with van der Waals surface area (Å²) in [6.45, 7) is 5.79. The zero-order valence-electron chi connectivity index (χ0n) is 15.0. The van der Waals surface area contributed by atoms with Crippen molar-refractivity contribution in [3.8, 4) is 5.75 Å². The van der Waals surface area contributed by atoms with Crippen molar-refractivity contribution in [2.45, 2.75) is 64.5 Å². The van der Waals surface area contributed by atoms with E-state index in [4.69, 9.17) is 10.5 Å². The predicted molar refractivity (Wildman–Crippen MR) is 96.1 cm³/mol. The van der Waals surface area contributed by atoms with Crippen molar-refractivity contribution < 1.29 is 9.53 Å². The molecule has 2 aliphatic rings. The summed E-state index contributed by atoms with van der Waals surface area (Å²) in [5.74, 6) is 1.47. The summed E-state index contributed by atoms with van der Waals surface area (Å²) < 4.78 is 6.25. The zero-order valence-corrected chi connectivity index (χ0v) is 15.0. The first-order chi connectivity index (χ1) is 11.5. The molecule has 3 rings (SSSR count). The Morgan fingerprint density at radius 2 is 1.79 bits per heavy atom. The lowest BCUT2D eigenvalue weighted by Crippen LogP contribution is -2.46. The fourth-order valence-electron chi connectivity index (χ4n) is 4.06. The number of hydrogen-bond donors (Lipinski definition) is 1. The van der Waals surface area contributed by atoms with Gasteiger partial charge in [0.15, 0.2) is 0 Å². The van der Waals surface area contributed by atoms with E-state index in [-0.39, 0.29) is 18.1 Å². The SMILES string of the molecule is Cc1cccc(C)c1OC1CCN(C(=O)[C@@H]2CCC[C@@H](N)C2)CC1. The standard InChI is InChI=1S/C20H30N2O2/c1-14-5-3-6-15(2)19(14)24-18-9-11-22(12-10-18)20(23)16-7-4-8-17(21)13-16/h3,5-6,16-18H,4,7-13,21H2,1-2H3/t16-,17-/m1/s1. The van der Waals surface area contributed by atoms with E-state index in [2.05, 4.69) is 32.0 Å². The van der Waals surface area contributed by atoms with Gasteiger partial charge in [-0.05, 0) is 44.2 Å². The van der Waals surface area contributed by atoms with Crippen molar-refractivity contribution in [1.82, 2.24) is 4.90 Å². The maximum Gasteiger partial charge on any atom is 0.225 e. The highest BCUT2D eigenvalue weighted by Gasteiger charge is 2.31. The molecular formula is C20H30N2O2. The molecule has 24 heavy (non-hydrogen) atoms. The number of aryl methyl sites for hydroxylation is 2. The van der Waals surface area contributed by atoms with Crippen molar-refractivity contribution in [3.05, 3.63) is 29.3 Å². The summed E-state index contributed by atoms with van der Waals surface area (Å²) in [5.41, 5.74) is 8.41. The molecule has 4 heteroatoms. The largest absolute Gasteiger partial charge is 0.490 e. The monoisotopic (exact) mass is 330 g/mol. The van der Waals surface area contributed by atoms with Crippen molar-refractivity contribution in [3.63, 3.8) is 0 Å². The summed E-state index contributed by atoms with van der Waals surface area (Å²) >= 11 is 0. The molecule has 0 radical (unpaired) electrons. The Morgan fingerprint density at radius 1 is 1.12 bits per heavy atom. The molecule has 132 valence electrons. The summed E-state index contributed by atoms with van der Waals surface area (Å²) in [6.07, 6.45) is 6.06. The first kappa shape index (κ1) is 17.3.